The smallest absolute Gasteiger partial charge is 0.168 e. The largest absolute Gasteiger partial charge is 0.419 e. The lowest BCUT2D eigenvalue weighted by atomic mass is 9.99. The second kappa shape index (κ2) is 10.2. The summed E-state index contributed by atoms with van der Waals surface area (Å²) in [5.74, 6) is 0.710. The Morgan fingerprint density at radius 1 is 1.05 bits per heavy atom. The predicted octanol–water partition coefficient (Wildman–Crippen LogP) is 5.62. The standard InChI is InChI=1S/C17H35BrOSi/c1-15(2)17(5,6)20-19-16(3,4)13-11-9-7-8-10-12-14-18/h7-8,15H,9-14,20H2,1-6H3. The number of hydrogen-bond acceptors (Lipinski definition) is 1. The molecule has 3 heteroatoms. The molecule has 0 amide bonds. The summed E-state index contributed by atoms with van der Waals surface area (Å²) in [6.45, 7) is 13.8. The van der Waals surface area contributed by atoms with Crippen LogP contribution in [0.4, 0.5) is 0 Å². The summed E-state index contributed by atoms with van der Waals surface area (Å²) in [4.78, 5) is 0. The molecule has 20 heavy (non-hydrogen) atoms. The molecule has 0 aliphatic carbocycles. The minimum Gasteiger partial charge on any atom is -0.419 e. The fraction of sp³-hybridized carbons (Fsp3) is 0.882. The van der Waals surface area contributed by atoms with E-state index in [0.29, 0.717) is 11.0 Å². The fourth-order valence-electron chi connectivity index (χ4n) is 1.70. The van der Waals surface area contributed by atoms with Crippen molar-refractivity contribution in [1.82, 2.24) is 0 Å². The van der Waals surface area contributed by atoms with Crippen LogP contribution in [0.3, 0.4) is 0 Å². The molecule has 0 aliphatic heterocycles. The Morgan fingerprint density at radius 3 is 2.10 bits per heavy atom. The number of hydrogen-bond donors (Lipinski definition) is 0. The van der Waals surface area contributed by atoms with Crippen molar-refractivity contribution in [2.24, 2.45) is 5.92 Å². The quantitative estimate of drug-likeness (QED) is 0.200. The number of unbranched alkanes of at least 4 members (excludes halogenated alkanes) is 2. The Hall–Kier alpha value is 0.397. The molecule has 0 radical (unpaired) electrons. The van der Waals surface area contributed by atoms with Gasteiger partial charge in [-0.05, 0) is 56.9 Å². The third-order valence-electron chi connectivity index (χ3n) is 4.22. The summed E-state index contributed by atoms with van der Waals surface area (Å²) in [7, 11) is -0.486. The Bertz CT molecular complexity index is 272. The molecule has 0 fully saturated rings. The molecular weight excluding hydrogens is 328 g/mol. The topological polar surface area (TPSA) is 9.23 Å². The lowest BCUT2D eigenvalue weighted by Gasteiger charge is -2.34. The van der Waals surface area contributed by atoms with Gasteiger partial charge in [-0.3, -0.25) is 0 Å². The summed E-state index contributed by atoms with van der Waals surface area (Å²) >= 11 is 3.45. The van der Waals surface area contributed by atoms with E-state index in [-0.39, 0.29) is 5.60 Å². The van der Waals surface area contributed by atoms with Crippen LogP contribution < -0.4 is 0 Å². The molecule has 0 bridgehead atoms. The van der Waals surface area contributed by atoms with Gasteiger partial charge in [0.05, 0.1) is 0 Å². The van der Waals surface area contributed by atoms with E-state index < -0.39 is 9.76 Å². The summed E-state index contributed by atoms with van der Waals surface area (Å²) in [6.07, 6.45) is 10.6. The first kappa shape index (κ1) is 20.4. The first-order valence-electron chi connectivity index (χ1n) is 8.06. The van der Waals surface area contributed by atoms with E-state index in [1.54, 1.807) is 0 Å². The van der Waals surface area contributed by atoms with Crippen molar-refractivity contribution in [3.8, 4) is 0 Å². The maximum absolute atomic E-state index is 6.31. The number of halogens is 1. The van der Waals surface area contributed by atoms with Gasteiger partial charge in [-0.25, -0.2) is 0 Å². The lowest BCUT2D eigenvalue weighted by Crippen LogP contribution is -2.32. The lowest BCUT2D eigenvalue weighted by molar-refractivity contribution is 0.0945. The maximum Gasteiger partial charge on any atom is 0.168 e. The Kier molecular flexibility index (Phi) is 10.4. The van der Waals surface area contributed by atoms with E-state index in [0.717, 1.165) is 11.8 Å². The van der Waals surface area contributed by atoms with Crippen LogP contribution in [0.25, 0.3) is 0 Å². The maximum atomic E-state index is 6.31. The van der Waals surface area contributed by atoms with E-state index in [2.05, 4.69) is 69.6 Å². The van der Waals surface area contributed by atoms with Gasteiger partial charge in [0.15, 0.2) is 9.76 Å². The van der Waals surface area contributed by atoms with Crippen LogP contribution in [-0.2, 0) is 4.43 Å². The summed E-state index contributed by atoms with van der Waals surface area (Å²) in [5.41, 5.74) is 0.0576. The third kappa shape index (κ3) is 10.2. The summed E-state index contributed by atoms with van der Waals surface area (Å²) < 4.78 is 6.31. The number of allylic oxidation sites excluding steroid dienone is 2. The van der Waals surface area contributed by atoms with Crippen molar-refractivity contribution in [1.29, 1.82) is 0 Å². The molecule has 0 aromatic heterocycles. The van der Waals surface area contributed by atoms with Gasteiger partial charge in [0.25, 0.3) is 0 Å². The zero-order valence-electron chi connectivity index (χ0n) is 14.5. The predicted molar refractivity (Wildman–Crippen MR) is 98.6 cm³/mol. The minimum absolute atomic E-state index is 0.0576. The van der Waals surface area contributed by atoms with Crippen LogP contribution >= 0.6 is 15.9 Å². The monoisotopic (exact) mass is 362 g/mol. The van der Waals surface area contributed by atoms with Gasteiger partial charge in [0, 0.05) is 10.9 Å². The molecule has 120 valence electrons. The molecule has 0 unspecified atom stereocenters. The third-order valence-corrected chi connectivity index (χ3v) is 7.27. The van der Waals surface area contributed by atoms with Crippen LogP contribution in [0, 0.1) is 5.92 Å². The molecule has 0 saturated carbocycles. The average Bonchev–Trinajstić information content (AvgIpc) is 2.35. The zero-order chi connectivity index (χ0) is 15.6. The second-order valence-electron chi connectivity index (χ2n) is 7.39. The van der Waals surface area contributed by atoms with Crippen molar-refractivity contribution in [2.45, 2.75) is 84.3 Å². The van der Waals surface area contributed by atoms with E-state index in [4.69, 9.17) is 4.43 Å². The van der Waals surface area contributed by atoms with Crippen molar-refractivity contribution >= 4 is 25.7 Å². The van der Waals surface area contributed by atoms with Crippen LogP contribution in [0.1, 0.15) is 73.6 Å². The number of rotatable bonds is 11. The van der Waals surface area contributed by atoms with Crippen LogP contribution in [0.2, 0.25) is 5.04 Å². The van der Waals surface area contributed by atoms with Gasteiger partial charge >= 0.3 is 0 Å². The summed E-state index contributed by atoms with van der Waals surface area (Å²) in [5, 5.41) is 1.50. The van der Waals surface area contributed by atoms with Gasteiger partial charge in [0.1, 0.15) is 0 Å². The molecule has 0 aromatic carbocycles. The molecule has 0 rings (SSSR count). The molecule has 0 atom stereocenters. The molecule has 0 aliphatic rings. The highest BCUT2D eigenvalue weighted by Gasteiger charge is 2.27. The normalized spacial score (nSPS) is 14.2. The van der Waals surface area contributed by atoms with Gasteiger partial charge in [-0.2, -0.15) is 0 Å². The highest BCUT2D eigenvalue weighted by Crippen LogP contribution is 2.34. The van der Waals surface area contributed by atoms with Gasteiger partial charge in [0.2, 0.25) is 0 Å². The van der Waals surface area contributed by atoms with E-state index in [1.807, 2.05) is 0 Å². The molecule has 0 heterocycles. The average molecular weight is 363 g/mol. The Morgan fingerprint density at radius 2 is 1.60 bits per heavy atom. The van der Waals surface area contributed by atoms with Crippen molar-refractivity contribution in [3.05, 3.63) is 12.2 Å². The zero-order valence-corrected chi connectivity index (χ0v) is 17.5. The van der Waals surface area contributed by atoms with Crippen LogP contribution in [0.5, 0.6) is 0 Å². The Balaban J connectivity index is 3.87. The fourth-order valence-corrected chi connectivity index (χ4v) is 3.26. The highest BCUT2D eigenvalue weighted by atomic mass is 79.9. The molecule has 0 saturated heterocycles. The van der Waals surface area contributed by atoms with Crippen molar-refractivity contribution in [3.63, 3.8) is 0 Å². The first-order valence-corrected chi connectivity index (χ1v) is 10.5. The van der Waals surface area contributed by atoms with E-state index in [1.165, 1.54) is 25.7 Å². The molecule has 0 aromatic rings. The minimum atomic E-state index is -0.486. The van der Waals surface area contributed by atoms with E-state index in [9.17, 15) is 0 Å². The van der Waals surface area contributed by atoms with Gasteiger partial charge in [-0.15, -0.1) is 0 Å². The van der Waals surface area contributed by atoms with Gasteiger partial charge < -0.3 is 4.43 Å². The SMILES string of the molecule is CC(C)C(C)(C)[SiH2]OC(C)(C)CCCC=CCCCBr. The molecule has 0 N–H and O–H groups in total. The summed E-state index contributed by atoms with van der Waals surface area (Å²) in [6, 6.07) is 0. The van der Waals surface area contributed by atoms with Crippen molar-refractivity contribution in [2.75, 3.05) is 5.33 Å². The van der Waals surface area contributed by atoms with Crippen LogP contribution in [-0.4, -0.2) is 20.7 Å². The van der Waals surface area contributed by atoms with Crippen molar-refractivity contribution < 1.29 is 4.43 Å². The van der Waals surface area contributed by atoms with E-state index >= 15 is 0 Å². The molecule has 1 nitrogen and oxygen atoms in total. The number of alkyl halides is 1. The van der Waals surface area contributed by atoms with Crippen LogP contribution in [0.15, 0.2) is 12.2 Å². The first-order chi connectivity index (χ1) is 9.21. The highest BCUT2D eigenvalue weighted by molar-refractivity contribution is 9.09. The molecule has 0 spiro atoms. The Labute approximate surface area is 138 Å². The van der Waals surface area contributed by atoms with Gasteiger partial charge in [-0.1, -0.05) is 55.8 Å². The molecular formula is C17H35BrOSi. The second-order valence-corrected chi connectivity index (χ2v) is 10.6.